The highest BCUT2D eigenvalue weighted by Crippen LogP contribution is 2.22. The third kappa shape index (κ3) is 2.64. The minimum Gasteiger partial charge on any atom is -0.378 e. The zero-order valence-corrected chi connectivity index (χ0v) is 9.15. The van der Waals surface area contributed by atoms with Gasteiger partial charge in [0.05, 0.1) is 22.9 Å². The molecule has 0 fully saturated rings. The molecule has 2 rings (SSSR count). The van der Waals surface area contributed by atoms with Crippen molar-refractivity contribution in [3.05, 3.63) is 40.1 Å². The average molecular weight is 244 g/mol. The Balaban J connectivity index is 2.05. The van der Waals surface area contributed by atoms with E-state index in [1.807, 2.05) is 5.38 Å². The average Bonchev–Trinajstić information content (AvgIpc) is 2.69. The summed E-state index contributed by atoms with van der Waals surface area (Å²) in [5.41, 5.74) is 1.52. The molecule has 0 saturated carbocycles. The number of aromatic nitrogens is 2. The molecule has 0 bridgehead atoms. The molecule has 0 amide bonds. The van der Waals surface area contributed by atoms with Gasteiger partial charge in [0.2, 0.25) is 0 Å². The number of benzene rings is 1. The maximum Gasteiger partial charge on any atom is 0.124 e. The first-order chi connectivity index (χ1) is 7.25. The zero-order chi connectivity index (χ0) is 10.7. The quantitative estimate of drug-likeness (QED) is 0.901. The molecule has 1 aromatic carbocycles. The van der Waals surface area contributed by atoms with Gasteiger partial charge in [-0.15, -0.1) is 5.10 Å². The molecule has 3 nitrogen and oxygen atoms in total. The second-order valence-electron chi connectivity index (χ2n) is 2.87. The van der Waals surface area contributed by atoms with E-state index in [0.29, 0.717) is 17.3 Å². The van der Waals surface area contributed by atoms with Crippen LogP contribution in [0.15, 0.2) is 23.6 Å². The van der Waals surface area contributed by atoms with Crippen molar-refractivity contribution in [3.8, 4) is 0 Å². The lowest BCUT2D eigenvalue weighted by Crippen LogP contribution is -2.00. The van der Waals surface area contributed by atoms with Gasteiger partial charge >= 0.3 is 0 Å². The predicted octanol–water partition coefficient (Wildman–Crippen LogP) is 2.94. The van der Waals surface area contributed by atoms with Gasteiger partial charge in [-0.05, 0) is 29.7 Å². The Hall–Kier alpha value is -1.20. The summed E-state index contributed by atoms with van der Waals surface area (Å²) in [4.78, 5) is 0. The first-order valence-corrected chi connectivity index (χ1v) is 5.42. The van der Waals surface area contributed by atoms with Crippen LogP contribution >= 0.6 is 23.1 Å². The van der Waals surface area contributed by atoms with Crippen molar-refractivity contribution in [3.63, 3.8) is 0 Å². The highest BCUT2D eigenvalue weighted by Gasteiger charge is 2.02. The van der Waals surface area contributed by atoms with E-state index in [1.54, 1.807) is 6.07 Å². The maximum absolute atomic E-state index is 12.7. The van der Waals surface area contributed by atoms with Crippen molar-refractivity contribution in [2.24, 2.45) is 0 Å². The lowest BCUT2D eigenvalue weighted by atomic mass is 10.3. The number of halogens is 2. The van der Waals surface area contributed by atoms with E-state index in [0.717, 1.165) is 5.69 Å². The minimum absolute atomic E-state index is 0.346. The van der Waals surface area contributed by atoms with E-state index < -0.39 is 0 Å². The summed E-state index contributed by atoms with van der Waals surface area (Å²) in [6.45, 7) is 0.530. The summed E-state index contributed by atoms with van der Waals surface area (Å²) in [6.07, 6.45) is 0. The van der Waals surface area contributed by atoms with Crippen LogP contribution in [0.2, 0.25) is 5.02 Å². The molecule has 6 heteroatoms. The van der Waals surface area contributed by atoms with E-state index in [1.165, 1.54) is 23.7 Å². The summed E-state index contributed by atoms with van der Waals surface area (Å²) in [5.74, 6) is -0.346. The number of hydrogen-bond donors (Lipinski definition) is 1. The highest BCUT2D eigenvalue weighted by atomic mass is 35.5. The van der Waals surface area contributed by atoms with Gasteiger partial charge in [-0.25, -0.2) is 4.39 Å². The van der Waals surface area contributed by atoms with Gasteiger partial charge < -0.3 is 5.32 Å². The van der Waals surface area contributed by atoms with Crippen molar-refractivity contribution < 1.29 is 4.39 Å². The molecular weight excluding hydrogens is 237 g/mol. The lowest BCUT2D eigenvalue weighted by Gasteiger charge is -2.05. The molecule has 15 heavy (non-hydrogen) atoms. The van der Waals surface area contributed by atoms with Crippen LogP contribution in [0.5, 0.6) is 0 Å². The highest BCUT2D eigenvalue weighted by molar-refractivity contribution is 7.03. The van der Waals surface area contributed by atoms with Crippen LogP contribution in [-0.2, 0) is 6.54 Å². The Labute approximate surface area is 95.1 Å². The van der Waals surface area contributed by atoms with Crippen molar-refractivity contribution in [2.75, 3.05) is 5.32 Å². The molecule has 1 heterocycles. The Morgan fingerprint density at radius 1 is 1.47 bits per heavy atom. The van der Waals surface area contributed by atoms with Crippen molar-refractivity contribution >= 4 is 28.8 Å². The number of nitrogens with one attached hydrogen (secondary N) is 1. The Bertz CT molecular complexity index is 447. The fraction of sp³-hybridized carbons (Fsp3) is 0.111. The van der Waals surface area contributed by atoms with E-state index in [2.05, 4.69) is 14.9 Å². The zero-order valence-electron chi connectivity index (χ0n) is 7.58. The molecule has 0 atom stereocenters. The monoisotopic (exact) mass is 243 g/mol. The van der Waals surface area contributed by atoms with Crippen molar-refractivity contribution in [1.82, 2.24) is 9.59 Å². The largest absolute Gasteiger partial charge is 0.378 e. The third-order valence-electron chi connectivity index (χ3n) is 1.80. The van der Waals surface area contributed by atoms with Gasteiger partial charge in [0.25, 0.3) is 0 Å². The minimum atomic E-state index is -0.346. The topological polar surface area (TPSA) is 37.8 Å². The van der Waals surface area contributed by atoms with Gasteiger partial charge in [0.15, 0.2) is 0 Å². The van der Waals surface area contributed by atoms with Crippen LogP contribution in [0.25, 0.3) is 0 Å². The normalized spacial score (nSPS) is 10.3. The molecule has 0 aliphatic rings. The summed E-state index contributed by atoms with van der Waals surface area (Å²) in [7, 11) is 0. The number of hydrogen-bond acceptors (Lipinski definition) is 4. The van der Waals surface area contributed by atoms with Gasteiger partial charge in [-0.2, -0.15) is 0 Å². The van der Waals surface area contributed by atoms with E-state index in [-0.39, 0.29) is 5.82 Å². The van der Waals surface area contributed by atoms with Crippen molar-refractivity contribution in [1.29, 1.82) is 0 Å². The molecule has 0 unspecified atom stereocenters. The maximum atomic E-state index is 12.7. The van der Waals surface area contributed by atoms with E-state index >= 15 is 0 Å². The molecule has 78 valence electrons. The fourth-order valence-corrected chi connectivity index (χ4v) is 1.76. The van der Waals surface area contributed by atoms with E-state index in [4.69, 9.17) is 11.6 Å². The van der Waals surface area contributed by atoms with Crippen LogP contribution in [0.4, 0.5) is 10.1 Å². The molecule has 1 aromatic heterocycles. The SMILES string of the molecule is Fc1ccc(NCc2csnn2)c(Cl)c1. The van der Waals surface area contributed by atoms with Gasteiger partial charge in [0, 0.05) is 5.38 Å². The number of rotatable bonds is 3. The second-order valence-corrected chi connectivity index (χ2v) is 3.89. The lowest BCUT2D eigenvalue weighted by molar-refractivity contribution is 0.628. The Kier molecular flexibility index (Phi) is 3.13. The molecule has 0 aliphatic carbocycles. The summed E-state index contributed by atoms with van der Waals surface area (Å²) >= 11 is 7.12. The number of nitrogens with zero attached hydrogens (tertiary/aromatic N) is 2. The summed E-state index contributed by atoms with van der Waals surface area (Å²) in [6, 6.07) is 4.22. The molecule has 0 aliphatic heterocycles. The Morgan fingerprint density at radius 3 is 3.00 bits per heavy atom. The van der Waals surface area contributed by atoms with Crippen LogP contribution < -0.4 is 5.32 Å². The first kappa shape index (κ1) is 10.3. The van der Waals surface area contributed by atoms with Gasteiger partial charge in [-0.3, -0.25) is 0 Å². The van der Waals surface area contributed by atoms with Gasteiger partial charge in [-0.1, -0.05) is 16.1 Å². The summed E-state index contributed by atoms with van der Waals surface area (Å²) in [5, 5.41) is 9.11. The standard InChI is InChI=1S/C9H7ClFN3S/c10-8-3-6(11)1-2-9(8)12-4-7-5-15-14-13-7/h1-3,5,12H,4H2. The fourth-order valence-electron chi connectivity index (χ4n) is 1.08. The molecule has 1 N–H and O–H groups in total. The van der Waals surface area contributed by atoms with Crippen LogP contribution in [-0.4, -0.2) is 9.59 Å². The van der Waals surface area contributed by atoms with Crippen LogP contribution in [0, 0.1) is 5.82 Å². The second kappa shape index (κ2) is 4.55. The van der Waals surface area contributed by atoms with Crippen LogP contribution in [0.3, 0.4) is 0 Å². The summed E-state index contributed by atoms with van der Waals surface area (Å²) < 4.78 is 16.5. The molecule has 0 saturated heterocycles. The smallest absolute Gasteiger partial charge is 0.124 e. The van der Waals surface area contributed by atoms with Gasteiger partial charge in [0.1, 0.15) is 5.82 Å². The third-order valence-corrected chi connectivity index (χ3v) is 2.66. The molecular formula is C9H7ClFN3S. The molecule has 0 spiro atoms. The van der Waals surface area contributed by atoms with Crippen molar-refractivity contribution in [2.45, 2.75) is 6.54 Å². The first-order valence-electron chi connectivity index (χ1n) is 4.20. The Morgan fingerprint density at radius 2 is 2.33 bits per heavy atom. The predicted molar refractivity (Wildman–Crippen MR) is 58.6 cm³/mol. The number of anilines is 1. The van der Waals surface area contributed by atoms with Crippen LogP contribution in [0.1, 0.15) is 5.69 Å². The molecule has 2 aromatic rings. The molecule has 0 radical (unpaired) electrons. The van der Waals surface area contributed by atoms with E-state index in [9.17, 15) is 4.39 Å².